The highest BCUT2D eigenvalue weighted by molar-refractivity contribution is 14.1. The predicted molar refractivity (Wildman–Crippen MR) is 100 cm³/mol. The van der Waals surface area contributed by atoms with Crippen molar-refractivity contribution in [3.05, 3.63) is 81.8 Å². The van der Waals surface area contributed by atoms with E-state index >= 15 is 0 Å². The van der Waals surface area contributed by atoms with Gasteiger partial charge < -0.3 is 15.1 Å². The first kappa shape index (κ1) is 16.3. The van der Waals surface area contributed by atoms with Gasteiger partial charge in [-0.2, -0.15) is 0 Å². The van der Waals surface area contributed by atoms with Crippen molar-refractivity contribution in [1.82, 2.24) is 0 Å². The molecule has 1 heterocycles. The number of rotatable bonds is 4. The van der Waals surface area contributed by atoms with Crippen molar-refractivity contribution in [2.24, 2.45) is 0 Å². The number of amides is 2. The monoisotopic (exact) mass is 432 g/mol. The second kappa shape index (κ2) is 7.31. The van der Waals surface area contributed by atoms with Crippen molar-refractivity contribution in [1.29, 1.82) is 0 Å². The van der Waals surface area contributed by atoms with Gasteiger partial charge in [-0.15, -0.1) is 0 Å². The zero-order valence-electron chi connectivity index (χ0n) is 12.5. The van der Waals surface area contributed by atoms with E-state index in [4.69, 9.17) is 4.42 Å². The lowest BCUT2D eigenvalue weighted by molar-refractivity contribution is 0.0995. The Balaban J connectivity index is 1.64. The number of furan rings is 1. The van der Waals surface area contributed by atoms with E-state index in [1.165, 1.54) is 6.26 Å². The first-order valence-electron chi connectivity index (χ1n) is 7.14. The number of carbonyl (C=O) groups is 2. The van der Waals surface area contributed by atoms with Crippen LogP contribution in [0.25, 0.3) is 0 Å². The third kappa shape index (κ3) is 4.02. The first-order valence-corrected chi connectivity index (χ1v) is 8.21. The fraction of sp³-hybridized carbons (Fsp3) is 0. The van der Waals surface area contributed by atoms with Crippen molar-refractivity contribution >= 4 is 45.8 Å². The Kier molecular flexibility index (Phi) is 4.95. The molecule has 0 fully saturated rings. The van der Waals surface area contributed by atoms with Gasteiger partial charge in [0.1, 0.15) is 0 Å². The summed E-state index contributed by atoms with van der Waals surface area (Å²) in [6, 6.07) is 17.4. The summed E-state index contributed by atoms with van der Waals surface area (Å²) in [4.78, 5) is 24.1. The van der Waals surface area contributed by atoms with Gasteiger partial charge in [0.2, 0.25) is 0 Å². The lowest BCUT2D eigenvalue weighted by Gasteiger charge is -2.07. The van der Waals surface area contributed by atoms with Gasteiger partial charge in [0.05, 0.1) is 6.26 Å². The molecule has 0 radical (unpaired) electrons. The quantitative estimate of drug-likeness (QED) is 0.601. The van der Waals surface area contributed by atoms with Crippen LogP contribution in [0.4, 0.5) is 11.4 Å². The van der Waals surface area contributed by atoms with Gasteiger partial charge in [-0.3, -0.25) is 9.59 Å². The van der Waals surface area contributed by atoms with Crippen molar-refractivity contribution in [2.45, 2.75) is 0 Å². The molecule has 0 aliphatic rings. The summed E-state index contributed by atoms with van der Waals surface area (Å²) in [5, 5.41) is 5.52. The molecule has 0 saturated heterocycles. The van der Waals surface area contributed by atoms with Gasteiger partial charge in [0, 0.05) is 20.5 Å². The number of carbonyl (C=O) groups excluding carboxylic acids is 2. The summed E-state index contributed by atoms with van der Waals surface area (Å²) in [5.41, 5.74) is 1.82. The summed E-state index contributed by atoms with van der Waals surface area (Å²) in [5.74, 6) is -0.313. The maximum Gasteiger partial charge on any atom is 0.291 e. The standard InChI is InChI=1S/C18H13IN2O3/c19-13-5-9-15(10-6-13)20-17(22)12-3-7-14(8-4-12)21-18(23)16-2-1-11-24-16/h1-11H,(H,20,22)(H,21,23). The lowest BCUT2D eigenvalue weighted by Crippen LogP contribution is -2.13. The van der Waals surface area contributed by atoms with E-state index in [1.54, 1.807) is 36.4 Å². The van der Waals surface area contributed by atoms with Gasteiger partial charge in [0.25, 0.3) is 11.8 Å². The minimum atomic E-state index is -0.337. The van der Waals surface area contributed by atoms with Crippen molar-refractivity contribution < 1.29 is 14.0 Å². The van der Waals surface area contributed by atoms with Crippen LogP contribution in [0.2, 0.25) is 0 Å². The summed E-state index contributed by atoms with van der Waals surface area (Å²) in [6.07, 6.45) is 1.44. The zero-order valence-corrected chi connectivity index (χ0v) is 14.6. The SMILES string of the molecule is O=C(Nc1ccc(I)cc1)c1ccc(NC(=O)c2ccco2)cc1. The number of halogens is 1. The molecule has 2 N–H and O–H groups in total. The third-order valence-electron chi connectivity index (χ3n) is 3.25. The molecule has 6 heteroatoms. The van der Waals surface area contributed by atoms with E-state index in [1.807, 2.05) is 24.3 Å². The summed E-state index contributed by atoms with van der Waals surface area (Å²) in [6.45, 7) is 0. The summed E-state index contributed by atoms with van der Waals surface area (Å²) < 4.78 is 6.13. The summed E-state index contributed by atoms with van der Waals surface area (Å²) in [7, 11) is 0. The highest BCUT2D eigenvalue weighted by Crippen LogP contribution is 2.15. The van der Waals surface area contributed by atoms with E-state index in [2.05, 4.69) is 33.2 Å². The second-order valence-corrected chi connectivity index (χ2v) is 6.22. The van der Waals surface area contributed by atoms with Crippen molar-refractivity contribution in [2.75, 3.05) is 10.6 Å². The van der Waals surface area contributed by atoms with Crippen molar-refractivity contribution in [3.63, 3.8) is 0 Å². The molecular weight excluding hydrogens is 419 g/mol. The average Bonchev–Trinajstić information content (AvgIpc) is 3.12. The van der Waals surface area contributed by atoms with E-state index in [9.17, 15) is 9.59 Å². The van der Waals surface area contributed by atoms with E-state index in [0.29, 0.717) is 11.3 Å². The van der Waals surface area contributed by atoms with E-state index in [0.717, 1.165) is 9.26 Å². The van der Waals surface area contributed by atoms with Gasteiger partial charge in [0.15, 0.2) is 5.76 Å². The minimum absolute atomic E-state index is 0.208. The molecule has 120 valence electrons. The van der Waals surface area contributed by atoms with Gasteiger partial charge in [-0.25, -0.2) is 0 Å². The molecule has 3 rings (SSSR count). The molecule has 0 aliphatic carbocycles. The van der Waals surface area contributed by atoms with Gasteiger partial charge >= 0.3 is 0 Å². The average molecular weight is 432 g/mol. The Morgan fingerprint density at radius 2 is 1.38 bits per heavy atom. The molecule has 0 unspecified atom stereocenters. The molecule has 0 atom stereocenters. The number of anilines is 2. The molecule has 5 nitrogen and oxygen atoms in total. The number of benzene rings is 2. The Hall–Kier alpha value is -2.61. The van der Waals surface area contributed by atoms with Crippen LogP contribution in [0.5, 0.6) is 0 Å². The molecule has 3 aromatic rings. The molecule has 2 aromatic carbocycles. The van der Waals surface area contributed by atoms with Crippen molar-refractivity contribution in [3.8, 4) is 0 Å². The third-order valence-corrected chi connectivity index (χ3v) is 3.97. The molecule has 24 heavy (non-hydrogen) atoms. The molecule has 0 bridgehead atoms. The molecule has 1 aromatic heterocycles. The lowest BCUT2D eigenvalue weighted by atomic mass is 10.2. The van der Waals surface area contributed by atoms with Crippen LogP contribution in [0.15, 0.2) is 71.3 Å². The largest absolute Gasteiger partial charge is 0.459 e. The van der Waals surface area contributed by atoms with Crippen LogP contribution in [0.1, 0.15) is 20.9 Å². The molecular formula is C18H13IN2O3. The molecule has 0 aliphatic heterocycles. The maximum atomic E-state index is 12.2. The fourth-order valence-corrected chi connectivity index (χ4v) is 2.40. The Bertz CT molecular complexity index is 841. The zero-order chi connectivity index (χ0) is 16.9. The van der Waals surface area contributed by atoms with Crippen LogP contribution in [0, 0.1) is 3.57 Å². The predicted octanol–water partition coefficient (Wildman–Crippen LogP) is 4.39. The first-order chi connectivity index (χ1) is 11.6. The highest BCUT2D eigenvalue weighted by atomic mass is 127. The normalized spacial score (nSPS) is 10.2. The van der Waals surface area contributed by atoms with Gasteiger partial charge in [-0.1, -0.05) is 0 Å². The number of hydrogen-bond donors (Lipinski definition) is 2. The fourth-order valence-electron chi connectivity index (χ4n) is 2.04. The Morgan fingerprint density at radius 1 is 0.792 bits per heavy atom. The van der Waals surface area contributed by atoms with E-state index < -0.39 is 0 Å². The van der Waals surface area contributed by atoms with Crippen LogP contribution in [-0.4, -0.2) is 11.8 Å². The Morgan fingerprint density at radius 3 is 1.96 bits per heavy atom. The van der Waals surface area contributed by atoms with Crippen LogP contribution in [-0.2, 0) is 0 Å². The van der Waals surface area contributed by atoms with Crippen LogP contribution in [0.3, 0.4) is 0 Å². The van der Waals surface area contributed by atoms with E-state index in [-0.39, 0.29) is 17.6 Å². The summed E-state index contributed by atoms with van der Waals surface area (Å²) >= 11 is 2.20. The molecule has 0 spiro atoms. The van der Waals surface area contributed by atoms with Gasteiger partial charge in [-0.05, 0) is 83.3 Å². The smallest absolute Gasteiger partial charge is 0.291 e. The Labute approximate surface area is 152 Å². The topological polar surface area (TPSA) is 71.3 Å². The minimum Gasteiger partial charge on any atom is -0.459 e. The number of hydrogen-bond acceptors (Lipinski definition) is 3. The second-order valence-electron chi connectivity index (χ2n) is 4.97. The number of nitrogens with one attached hydrogen (secondary N) is 2. The molecule has 2 amide bonds. The van der Waals surface area contributed by atoms with Crippen LogP contribution >= 0.6 is 22.6 Å². The maximum absolute atomic E-state index is 12.2. The van der Waals surface area contributed by atoms with Crippen LogP contribution < -0.4 is 10.6 Å². The highest BCUT2D eigenvalue weighted by Gasteiger charge is 2.10. The molecule has 0 saturated carbocycles.